The molecule has 3 rings (SSSR count). The average molecular weight is 323 g/mol. The summed E-state index contributed by atoms with van der Waals surface area (Å²) in [6.07, 6.45) is 0. The summed E-state index contributed by atoms with van der Waals surface area (Å²) >= 11 is 12.3. The number of nitrogens with zero attached hydrogens (tertiary/aromatic N) is 2. The Balaban J connectivity index is 2.38. The lowest BCUT2D eigenvalue weighted by atomic mass is 10.2. The van der Waals surface area contributed by atoms with E-state index in [1.54, 1.807) is 22.8 Å². The third-order valence-electron chi connectivity index (χ3n) is 3.34. The molecule has 0 aliphatic heterocycles. The molecule has 0 spiro atoms. The van der Waals surface area contributed by atoms with E-state index in [2.05, 4.69) is 4.98 Å². The molecule has 2 nitrogen and oxygen atoms in total. The van der Waals surface area contributed by atoms with E-state index in [4.69, 9.17) is 23.2 Å². The van der Waals surface area contributed by atoms with Gasteiger partial charge in [0.15, 0.2) is 0 Å². The van der Waals surface area contributed by atoms with Crippen molar-refractivity contribution in [1.82, 2.24) is 9.55 Å². The molecular weight excluding hydrogens is 310 g/mol. The maximum Gasteiger partial charge on any atom is 0.147 e. The van der Waals surface area contributed by atoms with Gasteiger partial charge >= 0.3 is 0 Å². The molecule has 1 aromatic heterocycles. The Hall–Kier alpha value is -1.58. The van der Waals surface area contributed by atoms with Crippen LogP contribution in [-0.2, 0) is 0 Å². The van der Waals surface area contributed by atoms with E-state index >= 15 is 0 Å². The number of rotatable bonds is 2. The normalized spacial score (nSPS) is 12.8. The van der Waals surface area contributed by atoms with Crippen molar-refractivity contribution >= 4 is 34.2 Å². The summed E-state index contributed by atoms with van der Waals surface area (Å²) in [5.74, 6) is 0.282. The quantitative estimate of drug-likeness (QED) is 0.575. The molecule has 0 amide bonds. The lowest BCUT2D eigenvalue weighted by molar-refractivity contribution is 0.615. The second-order valence-electron chi connectivity index (χ2n) is 5.01. The van der Waals surface area contributed by atoms with Crippen LogP contribution in [0, 0.1) is 12.7 Å². The Morgan fingerprint density at radius 1 is 1.19 bits per heavy atom. The Bertz CT molecular complexity index is 825. The molecule has 0 saturated carbocycles. The minimum atomic E-state index is -0.350. The van der Waals surface area contributed by atoms with Gasteiger partial charge in [-0.2, -0.15) is 0 Å². The van der Waals surface area contributed by atoms with E-state index in [9.17, 15) is 4.39 Å². The third-order valence-corrected chi connectivity index (χ3v) is 3.77. The molecule has 0 saturated heterocycles. The number of alkyl halides is 1. The molecule has 0 fully saturated rings. The van der Waals surface area contributed by atoms with Crippen LogP contribution in [-0.4, -0.2) is 9.55 Å². The molecule has 0 N–H and O–H groups in total. The summed E-state index contributed by atoms with van der Waals surface area (Å²) in [6.45, 7) is 3.66. The highest BCUT2D eigenvalue weighted by Gasteiger charge is 2.18. The summed E-state index contributed by atoms with van der Waals surface area (Å²) < 4.78 is 16.1. The van der Waals surface area contributed by atoms with E-state index in [1.807, 2.05) is 26.0 Å². The maximum absolute atomic E-state index is 14.4. The molecular formula is C16H13Cl2FN2. The lowest BCUT2D eigenvalue weighted by Crippen LogP contribution is -2.04. The van der Waals surface area contributed by atoms with Crippen LogP contribution in [0.4, 0.5) is 4.39 Å². The topological polar surface area (TPSA) is 17.8 Å². The molecule has 1 atom stereocenters. The van der Waals surface area contributed by atoms with Crippen molar-refractivity contribution < 1.29 is 4.39 Å². The average Bonchev–Trinajstić information content (AvgIpc) is 2.77. The van der Waals surface area contributed by atoms with Crippen LogP contribution in [0.1, 0.15) is 23.7 Å². The fourth-order valence-electron chi connectivity index (χ4n) is 2.38. The van der Waals surface area contributed by atoms with Crippen LogP contribution < -0.4 is 0 Å². The van der Waals surface area contributed by atoms with Crippen LogP contribution in [0.15, 0.2) is 36.4 Å². The molecule has 1 unspecified atom stereocenters. The number of halogens is 3. The van der Waals surface area contributed by atoms with Crippen LogP contribution in [0.25, 0.3) is 16.7 Å². The van der Waals surface area contributed by atoms with Gasteiger partial charge in [0.25, 0.3) is 0 Å². The van der Waals surface area contributed by atoms with Gasteiger partial charge in [-0.1, -0.05) is 17.7 Å². The number of imidazole rings is 1. The highest BCUT2D eigenvalue weighted by atomic mass is 35.5. The summed E-state index contributed by atoms with van der Waals surface area (Å²) in [7, 11) is 0. The zero-order valence-electron chi connectivity index (χ0n) is 11.6. The first-order chi connectivity index (χ1) is 9.97. The highest BCUT2D eigenvalue weighted by molar-refractivity contribution is 6.31. The smallest absolute Gasteiger partial charge is 0.147 e. The van der Waals surface area contributed by atoms with Gasteiger partial charge in [-0.15, -0.1) is 11.6 Å². The highest BCUT2D eigenvalue weighted by Crippen LogP contribution is 2.30. The molecule has 1 heterocycles. The van der Waals surface area contributed by atoms with Gasteiger partial charge in [-0.05, 0) is 49.7 Å². The van der Waals surface area contributed by atoms with E-state index in [0.29, 0.717) is 16.5 Å². The number of aromatic nitrogens is 2. The van der Waals surface area contributed by atoms with Crippen LogP contribution in [0.2, 0.25) is 5.02 Å². The Labute approximate surface area is 132 Å². The lowest BCUT2D eigenvalue weighted by Gasteiger charge is -2.12. The van der Waals surface area contributed by atoms with Crippen molar-refractivity contribution in [1.29, 1.82) is 0 Å². The second-order valence-corrected chi connectivity index (χ2v) is 6.10. The van der Waals surface area contributed by atoms with Gasteiger partial charge in [0.05, 0.1) is 22.1 Å². The molecule has 0 radical (unpaired) electrons. The summed E-state index contributed by atoms with van der Waals surface area (Å²) in [4.78, 5) is 4.50. The molecule has 0 aliphatic rings. The first-order valence-electron chi connectivity index (χ1n) is 6.56. The standard InChI is InChI=1S/C16H13Cl2FN2/c1-9-3-6-14(12(19)7-9)21-15-8-11(18)4-5-13(15)20-16(21)10(2)17/h3-8,10H,1-2H3. The van der Waals surface area contributed by atoms with Crippen LogP contribution >= 0.6 is 23.2 Å². The third kappa shape index (κ3) is 2.52. The maximum atomic E-state index is 14.4. The van der Waals surface area contributed by atoms with E-state index in [1.165, 1.54) is 6.07 Å². The van der Waals surface area contributed by atoms with Gasteiger partial charge in [0, 0.05) is 5.02 Å². The van der Waals surface area contributed by atoms with Crippen molar-refractivity contribution in [2.45, 2.75) is 19.2 Å². The van der Waals surface area contributed by atoms with Crippen molar-refractivity contribution in [3.63, 3.8) is 0 Å². The summed E-state index contributed by atoms with van der Waals surface area (Å²) in [5.41, 5.74) is 2.77. The molecule has 21 heavy (non-hydrogen) atoms. The van der Waals surface area contributed by atoms with Crippen LogP contribution in [0.3, 0.4) is 0 Å². The first kappa shape index (κ1) is 14.4. The van der Waals surface area contributed by atoms with E-state index in [-0.39, 0.29) is 11.2 Å². The van der Waals surface area contributed by atoms with E-state index < -0.39 is 0 Å². The Morgan fingerprint density at radius 2 is 1.95 bits per heavy atom. The predicted octanol–water partition coefficient (Wildman–Crippen LogP) is 5.43. The number of aryl methyl sites for hydroxylation is 1. The number of hydrogen-bond acceptors (Lipinski definition) is 1. The second kappa shape index (κ2) is 5.32. The van der Waals surface area contributed by atoms with E-state index in [0.717, 1.165) is 16.6 Å². The fraction of sp³-hybridized carbons (Fsp3) is 0.188. The predicted molar refractivity (Wildman–Crippen MR) is 85.0 cm³/mol. The fourth-order valence-corrected chi connectivity index (χ4v) is 2.69. The molecule has 108 valence electrons. The Kier molecular flexibility index (Phi) is 3.64. The van der Waals surface area contributed by atoms with Gasteiger partial charge in [-0.3, -0.25) is 4.57 Å². The molecule has 0 bridgehead atoms. The number of hydrogen-bond donors (Lipinski definition) is 0. The zero-order chi connectivity index (χ0) is 15.1. The zero-order valence-corrected chi connectivity index (χ0v) is 13.1. The first-order valence-corrected chi connectivity index (χ1v) is 7.37. The van der Waals surface area contributed by atoms with Gasteiger partial charge in [0.1, 0.15) is 11.6 Å². The van der Waals surface area contributed by atoms with Crippen molar-refractivity contribution in [3.8, 4) is 5.69 Å². The molecule has 2 aromatic carbocycles. The molecule has 3 aromatic rings. The number of fused-ring (bicyclic) bond motifs is 1. The van der Waals surface area contributed by atoms with Gasteiger partial charge < -0.3 is 0 Å². The van der Waals surface area contributed by atoms with Crippen molar-refractivity contribution in [3.05, 3.63) is 58.6 Å². The minimum Gasteiger partial charge on any atom is -0.292 e. The molecule has 0 aliphatic carbocycles. The minimum absolute atomic E-state index is 0.312. The van der Waals surface area contributed by atoms with Crippen molar-refractivity contribution in [2.75, 3.05) is 0 Å². The van der Waals surface area contributed by atoms with Gasteiger partial charge in [-0.25, -0.2) is 9.37 Å². The SMILES string of the molecule is Cc1ccc(-n2c(C(C)Cl)nc3ccc(Cl)cc32)c(F)c1. The largest absolute Gasteiger partial charge is 0.292 e. The van der Waals surface area contributed by atoms with Gasteiger partial charge in [0.2, 0.25) is 0 Å². The summed E-state index contributed by atoms with van der Waals surface area (Å²) in [5, 5.41) is 0.224. The van der Waals surface area contributed by atoms with Crippen LogP contribution in [0.5, 0.6) is 0 Å². The monoisotopic (exact) mass is 322 g/mol. The number of benzene rings is 2. The molecule has 5 heteroatoms. The summed E-state index contributed by atoms with van der Waals surface area (Å²) in [6, 6.07) is 10.4. The van der Waals surface area contributed by atoms with Crippen molar-refractivity contribution in [2.24, 2.45) is 0 Å². The Morgan fingerprint density at radius 3 is 2.62 bits per heavy atom.